The van der Waals surface area contributed by atoms with Crippen LogP contribution in [-0.2, 0) is 13.0 Å². The van der Waals surface area contributed by atoms with E-state index in [9.17, 15) is 9.59 Å². The number of anilines is 1. The lowest BCUT2D eigenvalue weighted by Crippen LogP contribution is -2.27. The van der Waals surface area contributed by atoms with Gasteiger partial charge in [0.15, 0.2) is 0 Å². The molecule has 0 bridgehead atoms. The van der Waals surface area contributed by atoms with Gasteiger partial charge in [-0.15, -0.1) is 12.4 Å². The maximum Gasteiger partial charge on any atom is 0.321 e. The number of rotatable bonds is 6. The van der Waals surface area contributed by atoms with E-state index < -0.39 is 0 Å². The molecule has 1 saturated heterocycles. The van der Waals surface area contributed by atoms with Gasteiger partial charge in [-0.2, -0.15) is 5.10 Å². The highest BCUT2D eigenvalue weighted by atomic mass is 35.5. The number of nitrogens with one attached hydrogen (secondary N) is 3. The van der Waals surface area contributed by atoms with Gasteiger partial charge < -0.3 is 10.6 Å². The Morgan fingerprint density at radius 2 is 1.91 bits per heavy atom. The number of carbonyl (C=O) groups is 2. The summed E-state index contributed by atoms with van der Waals surface area (Å²) in [5, 5.41) is 14.4. The van der Waals surface area contributed by atoms with E-state index in [1.54, 1.807) is 23.4 Å². The summed E-state index contributed by atoms with van der Waals surface area (Å²) in [5.74, 6) is -0.218. The third-order valence-corrected chi connectivity index (χ3v) is 5.83. The Hall–Kier alpha value is -3.62. The monoisotopic (exact) mass is 496 g/mol. The number of hydrogen-bond donors (Lipinski definition) is 3. The molecule has 0 radical (unpaired) electrons. The van der Waals surface area contributed by atoms with Crippen molar-refractivity contribution in [3.63, 3.8) is 0 Å². The van der Waals surface area contributed by atoms with Gasteiger partial charge in [0.2, 0.25) is 0 Å². The second-order valence-electron chi connectivity index (χ2n) is 7.85. The Bertz CT molecular complexity index is 1340. The summed E-state index contributed by atoms with van der Waals surface area (Å²) < 4.78 is 0. The first-order valence-corrected chi connectivity index (χ1v) is 10.9. The number of amides is 3. The van der Waals surface area contributed by atoms with Gasteiger partial charge in [0, 0.05) is 41.6 Å². The number of benzene rings is 2. The number of aromatic nitrogens is 3. The van der Waals surface area contributed by atoms with Crippen molar-refractivity contribution in [2.75, 3.05) is 18.0 Å². The molecule has 0 spiro atoms. The number of aromatic amines is 1. The van der Waals surface area contributed by atoms with Gasteiger partial charge in [-0.25, -0.2) is 4.79 Å². The molecule has 34 heavy (non-hydrogen) atoms. The summed E-state index contributed by atoms with van der Waals surface area (Å²) in [6.45, 7) is 1.62. The summed E-state index contributed by atoms with van der Waals surface area (Å²) in [4.78, 5) is 30.5. The second-order valence-corrected chi connectivity index (χ2v) is 8.29. The number of fused-ring (bicyclic) bond motifs is 1. The zero-order chi connectivity index (χ0) is 22.8. The van der Waals surface area contributed by atoms with Crippen LogP contribution in [-0.4, -0.2) is 40.2 Å². The van der Waals surface area contributed by atoms with Crippen molar-refractivity contribution in [3.8, 4) is 0 Å². The van der Waals surface area contributed by atoms with Crippen LogP contribution in [0, 0.1) is 0 Å². The van der Waals surface area contributed by atoms with E-state index in [2.05, 4.69) is 25.8 Å². The van der Waals surface area contributed by atoms with E-state index in [1.807, 2.05) is 42.5 Å². The van der Waals surface area contributed by atoms with Gasteiger partial charge >= 0.3 is 6.03 Å². The lowest BCUT2D eigenvalue weighted by atomic mass is 10.0. The van der Waals surface area contributed by atoms with Crippen LogP contribution in [0.15, 0.2) is 60.9 Å². The van der Waals surface area contributed by atoms with Crippen LogP contribution in [0.4, 0.5) is 10.5 Å². The molecule has 3 amide bonds. The standard InChI is InChI=1S/C24H21ClN6O2.ClH/c25-18-3-6-21-20(11-18)22(30-29-21)14-28-23(32)17-10-16(12-26-13-17)9-15-1-4-19(5-2-15)31-8-7-27-24(31)33;/h1-6,10-13H,7-9,14H2,(H,27,33)(H,28,32)(H,29,30);1H. The average molecular weight is 497 g/mol. The maximum absolute atomic E-state index is 12.7. The first-order chi connectivity index (χ1) is 16.1. The van der Waals surface area contributed by atoms with E-state index >= 15 is 0 Å². The van der Waals surface area contributed by atoms with Gasteiger partial charge in [0.05, 0.1) is 23.3 Å². The van der Waals surface area contributed by atoms with Crippen molar-refractivity contribution in [2.24, 2.45) is 0 Å². The highest BCUT2D eigenvalue weighted by Gasteiger charge is 2.20. The maximum atomic E-state index is 12.7. The lowest BCUT2D eigenvalue weighted by Gasteiger charge is -2.14. The first-order valence-electron chi connectivity index (χ1n) is 10.6. The molecule has 5 rings (SSSR count). The van der Waals surface area contributed by atoms with Gasteiger partial charge in [-0.05, 0) is 53.9 Å². The summed E-state index contributed by atoms with van der Waals surface area (Å²) in [6.07, 6.45) is 3.93. The molecule has 10 heteroatoms. The molecule has 2 aromatic carbocycles. The number of pyridine rings is 1. The Morgan fingerprint density at radius 1 is 1.09 bits per heavy atom. The van der Waals surface area contributed by atoms with Gasteiger partial charge in [-0.1, -0.05) is 23.7 Å². The molecule has 8 nitrogen and oxygen atoms in total. The fourth-order valence-electron chi connectivity index (χ4n) is 3.90. The van der Waals surface area contributed by atoms with Crippen LogP contribution in [0.3, 0.4) is 0 Å². The molecule has 1 fully saturated rings. The predicted octanol–water partition coefficient (Wildman–Crippen LogP) is 4.08. The van der Waals surface area contributed by atoms with Crippen molar-refractivity contribution >= 4 is 52.5 Å². The molecule has 0 aliphatic carbocycles. The number of halogens is 2. The van der Waals surface area contributed by atoms with E-state index in [1.165, 1.54) is 0 Å². The number of hydrogen-bond acceptors (Lipinski definition) is 4. The minimum absolute atomic E-state index is 0. The van der Waals surface area contributed by atoms with Crippen LogP contribution in [0.2, 0.25) is 5.02 Å². The molecule has 4 aromatic rings. The molecule has 2 aromatic heterocycles. The minimum atomic E-state index is -0.218. The highest BCUT2D eigenvalue weighted by molar-refractivity contribution is 6.31. The van der Waals surface area contributed by atoms with Crippen molar-refractivity contribution in [2.45, 2.75) is 13.0 Å². The van der Waals surface area contributed by atoms with E-state index in [0.29, 0.717) is 36.6 Å². The van der Waals surface area contributed by atoms with Crippen LogP contribution in [0.25, 0.3) is 10.9 Å². The van der Waals surface area contributed by atoms with E-state index in [4.69, 9.17) is 11.6 Å². The quantitative estimate of drug-likeness (QED) is 0.374. The summed E-state index contributed by atoms with van der Waals surface area (Å²) in [5.41, 5.74) is 4.93. The van der Waals surface area contributed by atoms with E-state index in [0.717, 1.165) is 33.4 Å². The molecule has 3 N–H and O–H groups in total. The molecule has 0 unspecified atom stereocenters. The fourth-order valence-corrected chi connectivity index (χ4v) is 4.07. The second kappa shape index (κ2) is 10.1. The summed E-state index contributed by atoms with van der Waals surface area (Å²) >= 11 is 6.08. The third kappa shape index (κ3) is 4.98. The smallest absolute Gasteiger partial charge is 0.321 e. The fraction of sp³-hybridized carbons (Fsp3) is 0.167. The number of nitrogens with zero attached hydrogens (tertiary/aromatic N) is 3. The van der Waals surface area contributed by atoms with Crippen LogP contribution < -0.4 is 15.5 Å². The van der Waals surface area contributed by atoms with Crippen molar-refractivity contribution < 1.29 is 9.59 Å². The van der Waals surface area contributed by atoms with Crippen LogP contribution >= 0.6 is 24.0 Å². The number of urea groups is 1. The SMILES string of the molecule is Cl.O=C(NCc1[nH]nc2ccc(Cl)cc12)c1cncc(Cc2ccc(N3CCNC3=O)cc2)c1. The zero-order valence-electron chi connectivity index (χ0n) is 18.0. The Morgan fingerprint density at radius 3 is 2.68 bits per heavy atom. The molecule has 0 atom stereocenters. The van der Waals surface area contributed by atoms with Gasteiger partial charge in [0.1, 0.15) is 0 Å². The van der Waals surface area contributed by atoms with Crippen molar-refractivity contribution in [3.05, 3.63) is 88.3 Å². The Kier molecular flexibility index (Phi) is 7.00. The minimum Gasteiger partial charge on any atom is -0.346 e. The highest BCUT2D eigenvalue weighted by Crippen LogP contribution is 2.21. The van der Waals surface area contributed by atoms with Gasteiger partial charge in [0.25, 0.3) is 5.91 Å². The van der Waals surface area contributed by atoms with Crippen LogP contribution in [0.1, 0.15) is 27.2 Å². The largest absolute Gasteiger partial charge is 0.346 e. The van der Waals surface area contributed by atoms with Crippen molar-refractivity contribution in [1.82, 2.24) is 25.8 Å². The normalized spacial score (nSPS) is 13.0. The molecule has 3 heterocycles. The first kappa shape index (κ1) is 23.5. The van der Waals surface area contributed by atoms with Gasteiger partial charge in [-0.3, -0.25) is 19.8 Å². The topological polar surface area (TPSA) is 103 Å². The average Bonchev–Trinajstić information content (AvgIpc) is 3.44. The molecule has 1 aliphatic rings. The molecular formula is C24H22Cl2N6O2. The molecular weight excluding hydrogens is 475 g/mol. The van der Waals surface area contributed by atoms with E-state index in [-0.39, 0.29) is 24.3 Å². The number of carbonyl (C=O) groups excluding carboxylic acids is 2. The molecule has 0 saturated carbocycles. The summed E-state index contributed by atoms with van der Waals surface area (Å²) in [6, 6.07) is 15.1. The predicted molar refractivity (Wildman–Crippen MR) is 134 cm³/mol. The van der Waals surface area contributed by atoms with Crippen molar-refractivity contribution in [1.29, 1.82) is 0 Å². The zero-order valence-corrected chi connectivity index (χ0v) is 19.6. The Labute approximate surface area is 207 Å². The third-order valence-electron chi connectivity index (χ3n) is 5.59. The molecule has 1 aliphatic heterocycles. The Balaban J connectivity index is 0.00000274. The lowest BCUT2D eigenvalue weighted by molar-refractivity contribution is 0.0950. The molecule has 174 valence electrons. The van der Waals surface area contributed by atoms with Crippen LogP contribution in [0.5, 0.6) is 0 Å². The summed E-state index contributed by atoms with van der Waals surface area (Å²) in [7, 11) is 0. The number of H-pyrrole nitrogens is 1.